The van der Waals surface area contributed by atoms with Gasteiger partial charge < -0.3 is 14.5 Å². The molecule has 158 valence electrons. The number of benzene rings is 1. The molecule has 7 heteroatoms. The van der Waals surface area contributed by atoms with Gasteiger partial charge in [0.2, 0.25) is 11.8 Å². The molecule has 0 aliphatic rings. The first kappa shape index (κ1) is 22.9. The van der Waals surface area contributed by atoms with E-state index in [-0.39, 0.29) is 31.1 Å². The minimum absolute atomic E-state index is 0.0765. The van der Waals surface area contributed by atoms with Crippen LogP contribution in [0.1, 0.15) is 36.1 Å². The lowest BCUT2D eigenvalue weighted by Crippen LogP contribution is -2.33. The number of aryl methyl sites for hydroxylation is 1. The molecule has 0 aliphatic carbocycles. The van der Waals surface area contributed by atoms with Crippen molar-refractivity contribution in [3.8, 4) is 11.8 Å². The first-order valence-electron chi connectivity index (χ1n) is 9.84. The summed E-state index contributed by atoms with van der Waals surface area (Å²) in [6.07, 6.45) is 2.13. The number of aromatic nitrogens is 1. The van der Waals surface area contributed by atoms with E-state index in [1.165, 1.54) is 0 Å². The third-order valence-electron chi connectivity index (χ3n) is 4.93. The summed E-state index contributed by atoms with van der Waals surface area (Å²) < 4.78 is 5.42. The average Bonchev–Trinajstić information content (AvgIpc) is 2.75. The maximum absolute atomic E-state index is 12.7. The predicted octanol–water partition coefficient (Wildman–Crippen LogP) is 3.39. The fraction of sp³-hybridized carbons (Fsp3) is 0.391. The first-order valence-corrected chi connectivity index (χ1v) is 9.84. The molecule has 30 heavy (non-hydrogen) atoms. The van der Waals surface area contributed by atoms with Crippen molar-refractivity contribution in [3.05, 3.63) is 53.3 Å². The number of rotatable bonds is 9. The zero-order valence-electron chi connectivity index (χ0n) is 18.0. The van der Waals surface area contributed by atoms with Crippen LogP contribution in [0.15, 0.2) is 36.5 Å². The Morgan fingerprint density at radius 3 is 2.43 bits per heavy atom. The highest BCUT2D eigenvalue weighted by atomic mass is 16.5. The molecule has 0 fully saturated rings. The van der Waals surface area contributed by atoms with Crippen molar-refractivity contribution >= 4 is 17.5 Å². The molecule has 2 rings (SSSR count). The van der Waals surface area contributed by atoms with E-state index >= 15 is 0 Å². The van der Waals surface area contributed by atoms with Crippen molar-refractivity contribution in [3.63, 3.8) is 0 Å². The monoisotopic (exact) mass is 408 g/mol. The number of carbonyl (C=O) groups is 2. The van der Waals surface area contributed by atoms with Crippen molar-refractivity contribution in [2.45, 2.75) is 39.7 Å². The Kier molecular flexibility index (Phi) is 8.36. The van der Waals surface area contributed by atoms with Gasteiger partial charge in [0.05, 0.1) is 31.8 Å². The number of para-hydroxylation sites is 1. The number of hydrogen-bond donors (Lipinski definition) is 0. The van der Waals surface area contributed by atoms with Crippen LogP contribution in [-0.4, -0.2) is 42.4 Å². The maximum atomic E-state index is 12.7. The van der Waals surface area contributed by atoms with Gasteiger partial charge in [-0.2, -0.15) is 5.26 Å². The lowest BCUT2D eigenvalue weighted by Gasteiger charge is -2.23. The van der Waals surface area contributed by atoms with Crippen LogP contribution in [0, 0.1) is 25.2 Å². The molecule has 0 N–H and O–H groups in total. The molecular formula is C23H28N4O3. The van der Waals surface area contributed by atoms with E-state index in [0.717, 1.165) is 28.3 Å². The smallest absolute Gasteiger partial charge is 0.227 e. The Morgan fingerprint density at radius 1 is 1.13 bits per heavy atom. The Bertz CT molecular complexity index is 922. The quantitative estimate of drug-likeness (QED) is 0.635. The van der Waals surface area contributed by atoms with E-state index < -0.39 is 0 Å². The summed E-state index contributed by atoms with van der Waals surface area (Å²) in [4.78, 5) is 32.9. The maximum Gasteiger partial charge on any atom is 0.227 e. The van der Waals surface area contributed by atoms with E-state index in [1.54, 1.807) is 30.2 Å². The third kappa shape index (κ3) is 5.80. The van der Waals surface area contributed by atoms with Gasteiger partial charge in [-0.3, -0.25) is 14.6 Å². The van der Waals surface area contributed by atoms with Gasteiger partial charge in [-0.25, -0.2) is 0 Å². The lowest BCUT2D eigenvalue weighted by atomic mass is 10.1. The molecule has 1 heterocycles. The summed E-state index contributed by atoms with van der Waals surface area (Å²) in [6.45, 7) is 4.48. The molecule has 0 saturated heterocycles. The van der Waals surface area contributed by atoms with Gasteiger partial charge in [0.1, 0.15) is 5.75 Å². The topological polar surface area (TPSA) is 86.5 Å². The number of carbonyl (C=O) groups excluding carboxylic acids is 2. The molecule has 2 amide bonds. The number of nitrogens with zero attached hydrogens (tertiary/aromatic N) is 4. The first-order chi connectivity index (χ1) is 14.4. The number of pyridine rings is 1. The van der Waals surface area contributed by atoms with Crippen LogP contribution in [-0.2, 0) is 16.1 Å². The highest BCUT2D eigenvalue weighted by Gasteiger charge is 2.19. The van der Waals surface area contributed by atoms with Crippen LogP contribution in [0.3, 0.4) is 0 Å². The summed E-state index contributed by atoms with van der Waals surface area (Å²) >= 11 is 0. The van der Waals surface area contributed by atoms with Gasteiger partial charge in [0.15, 0.2) is 0 Å². The largest absolute Gasteiger partial charge is 0.496 e. The molecule has 1 aromatic carbocycles. The van der Waals surface area contributed by atoms with Crippen LogP contribution in [0.5, 0.6) is 5.75 Å². The Labute approximate surface area is 177 Å². The van der Waals surface area contributed by atoms with Gasteiger partial charge >= 0.3 is 0 Å². The Balaban J connectivity index is 2.00. The fourth-order valence-electron chi connectivity index (χ4n) is 3.25. The van der Waals surface area contributed by atoms with Crippen LogP contribution >= 0.6 is 0 Å². The number of ether oxygens (including phenoxy) is 1. The van der Waals surface area contributed by atoms with E-state index in [1.807, 2.05) is 44.2 Å². The SMILES string of the molecule is COc1c(C)cnc(CN(C)C(=O)CCC(=O)N(CCC#N)c2ccccc2)c1C. The summed E-state index contributed by atoms with van der Waals surface area (Å²) in [6, 6.07) is 11.3. The molecule has 0 unspecified atom stereocenters. The van der Waals surface area contributed by atoms with Crippen LogP contribution < -0.4 is 9.64 Å². The predicted molar refractivity (Wildman–Crippen MR) is 115 cm³/mol. The second kappa shape index (κ2) is 11.0. The van der Waals surface area contributed by atoms with E-state index in [4.69, 9.17) is 10.00 Å². The zero-order valence-corrected chi connectivity index (χ0v) is 18.0. The number of methoxy groups -OCH3 is 1. The molecule has 0 radical (unpaired) electrons. The van der Waals surface area contributed by atoms with Gasteiger partial charge in [-0.15, -0.1) is 0 Å². The second-order valence-corrected chi connectivity index (χ2v) is 7.08. The number of anilines is 1. The van der Waals surface area contributed by atoms with Gasteiger partial charge in [0, 0.05) is 49.4 Å². The van der Waals surface area contributed by atoms with Crippen molar-refractivity contribution < 1.29 is 14.3 Å². The molecule has 2 aromatic rings. The summed E-state index contributed by atoms with van der Waals surface area (Å²) in [5.41, 5.74) is 3.33. The lowest BCUT2D eigenvalue weighted by molar-refractivity contribution is -0.132. The van der Waals surface area contributed by atoms with Gasteiger partial charge in [-0.1, -0.05) is 18.2 Å². The van der Waals surface area contributed by atoms with Crippen molar-refractivity contribution in [1.29, 1.82) is 5.26 Å². The number of amides is 2. The van der Waals surface area contributed by atoms with E-state index in [9.17, 15) is 9.59 Å². The van der Waals surface area contributed by atoms with Crippen molar-refractivity contribution in [2.75, 3.05) is 25.6 Å². The average molecular weight is 409 g/mol. The van der Waals surface area contributed by atoms with Crippen molar-refractivity contribution in [2.24, 2.45) is 0 Å². The van der Waals surface area contributed by atoms with E-state index in [0.29, 0.717) is 13.1 Å². The molecule has 0 bridgehead atoms. The molecule has 0 atom stereocenters. The minimum Gasteiger partial charge on any atom is -0.496 e. The van der Waals surface area contributed by atoms with Gasteiger partial charge in [0.25, 0.3) is 0 Å². The molecular weight excluding hydrogens is 380 g/mol. The molecule has 0 saturated carbocycles. The highest BCUT2D eigenvalue weighted by Crippen LogP contribution is 2.24. The van der Waals surface area contributed by atoms with Crippen LogP contribution in [0.25, 0.3) is 0 Å². The summed E-state index contributed by atoms with van der Waals surface area (Å²) in [7, 11) is 3.31. The Morgan fingerprint density at radius 2 is 1.80 bits per heavy atom. The van der Waals surface area contributed by atoms with Crippen molar-refractivity contribution in [1.82, 2.24) is 9.88 Å². The summed E-state index contributed by atoms with van der Waals surface area (Å²) in [5, 5.41) is 8.89. The Hall–Kier alpha value is -3.40. The van der Waals surface area contributed by atoms with E-state index in [2.05, 4.69) is 11.1 Å². The van der Waals surface area contributed by atoms with Crippen LogP contribution in [0.4, 0.5) is 5.69 Å². The summed E-state index contributed by atoms with van der Waals surface area (Å²) in [5.74, 6) is 0.453. The second-order valence-electron chi connectivity index (χ2n) is 7.08. The van der Waals surface area contributed by atoms with Crippen LogP contribution in [0.2, 0.25) is 0 Å². The number of nitriles is 1. The fourth-order valence-corrected chi connectivity index (χ4v) is 3.25. The third-order valence-corrected chi connectivity index (χ3v) is 4.93. The standard InChI is InChI=1S/C23H28N4O3/c1-17-15-25-20(18(2)23(17)30-4)16-26(3)21(28)11-12-22(29)27(14-8-13-24)19-9-6-5-7-10-19/h5-7,9-10,15H,8,11-12,14,16H2,1-4H3. The molecule has 0 spiro atoms. The minimum atomic E-state index is -0.176. The highest BCUT2D eigenvalue weighted by molar-refractivity contribution is 5.95. The molecule has 1 aromatic heterocycles. The molecule has 7 nitrogen and oxygen atoms in total. The number of hydrogen-bond acceptors (Lipinski definition) is 5. The van der Waals surface area contributed by atoms with Gasteiger partial charge in [-0.05, 0) is 26.0 Å². The normalized spacial score (nSPS) is 10.2. The zero-order chi connectivity index (χ0) is 22.1. The molecule has 0 aliphatic heterocycles.